The van der Waals surface area contributed by atoms with Crippen molar-refractivity contribution in [3.63, 3.8) is 0 Å². The van der Waals surface area contributed by atoms with Gasteiger partial charge in [-0.05, 0) is 37.0 Å². The van der Waals surface area contributed by atoms with E-state index >= 15 is 0 Å². The first-order chi connectivity index (χ1) is 18.3. The SMILES string of the molecule is Nc1ccn([C@H]2C[C@H](O)[C@@H](Cn3cc(NC(=O)C[C@@H]4CCC[C@H]4C(=O)c4ccccc4O)nn3)O2)c(=O)n1. The first-order valence-electron chi connectivity index (χ1n) is 12.5. The zero-order valence-electron chi connectivity index (χ0n) is 20.5. The fourth-order valence-electron chi connectivity index (χ4n) is 5.26. The lowest BCUT2D eigenvalue weighted by Gasteiger charge is -2.18. The van der Waals surface area contributed by atoms with E-state index in [9.17, 15) is 24.6 Å². The number of hydrogen-bond acceptors (Lipinski definition) is 10. The molecular weight excluding hydrogens is 494 g/mol. The third-order valence-electron chi connectivity index (χ3n) is 7.15. The van der Waals surface area contributed by atoms with E-state index in [-0.39, 0.29) is 65.9 Å². The fraction of sp³-hybridized carbons (Fsp3) is 0.440. The van der Waals surface area contributed by atoms with Gasteiger partial charge in [-0.1, -0.05) is 23.8 Å². The Labute approximate surface area is 217 Å². The summed E-state index contributed by atoms with van der Waals surface area (Å²) in [6, 6.07) is 7.93. The normalized spacial score (nSPS) is 24.9. The van der Waals surface area contributed by atoms with Gasteiger partial charge in [0.25, 0.3) is 0 Å². The molecule has 0 radical (unpaired) electrons. The van der Waals surface area contributed by atoms with Crippen molar-refractivity contribution < 1.29 is 24.5 Å². The van der Waals surface area contributed by atoms with E-state index in [4.69, 9.17) is 10.5 Å². The average Bonchev–Trinajstić information content (AvgIpc) is 3.60. The van der Waals surface area contributed by atoms with E-state index < -0.39 is 24.1 Å². The van der Waals surface area contributed by atoms with Gasteiger partial charge in [-0.3, -0.25) is 14.2 Å². The molecule has 1 aliphatic heterocycles. The molecule has 1 aromatic carbocycles. The molecule has 3 aromatic rings. The number of ketones is 1. The minimum absolute atomic E-state index is 0.0518. The lowest BCUT2D eigenvalue weighted by Crippen LogP contribution is -2.28. The standard InChI is InChI=1S/C25H29N7O6/c26-20-8-9-32(25(37)27-20)23-11-18(34)19(38-23)12-31-13-21(29-30-31)28-22(35)10-14-4-3-6-15(14)24(36)16-5-1-2-7-17(16)33/h1-2,5,7-9,13-15,18-19,23,33-34H,3-4,6,10-12H2,(H,28,35)(H2,26,27,37)/t14-,15+,18-,19+,23+/m0/s1. The number of ether oxygens (including phenoxy) is 1. The van der Waals surface area contributed by atoms with Crippen molar-refractivity contribution in [1.82, 2.24) is 24.5 Å². The van der Waals surface area contributed by atoms with E-state index in [0.29, 0.717) is 6.42 Å². The Hall–Kier alpha value is -4.10. The average molecular weight is 524 g/mol. The predicted molar refractivity (Wildman–Crippen MR) is 134 cm³/mol. The molecule has 2 aromatic heterocycles. The molecule has 3 heterocycles. The molecule has 200 valence electrons. The number of carbonyl (C=O) groups is 2. The Bertz CT molecular complexity index is 1390. The van der Waals surface area contributed by atoms with Crippen molar-refractivity contribution in [2.45, 2.75) is 57.1 Å². The third kappa shape index (κ3) is 5.43. The maximum absolute atomic E-state index is 13.0. The molecule has 1 amide bonds. The van der Waals surface area contributed by atoms with Gasteiger partial charge in [0, 0.05) is 25.0 Å². The van der Waals surface area contributed by atoms with Crippen LogP contribution < -0.4 is 16.7 Å². The van der Waals surface area contributed by atoms with Gasteiger partial charge >= 0.3 is 5.69 Å². The number of nitrogens with two attached hydrogens (primary N) is 1. The van der Waals surface area contributed by atoms with Gasteiger partial charge in [-0.25, -0.2) is 9.48 Å². The first-order valence-corrected chi connectivity index (χ1v) is 12.5. The van der Waals surface area contributed by atoms with E-state index in [1.165, 1.54) is 33.8 Å². The van der Waals surface area contributed by atoms with Gasteiger partial charge in [0.15, 0.2) is 11.6 Å². The van der Waals surface area contributed by atoms with E-state index in [2.05, 4.69) is 20.6 Å². The summed E-state index contributed by atoms with van der Waals surface area (Å²) in [7, 11) is 0. The van der Waals surface area contributed by atoms with Crippen LogP contribution in [0, 0.1) is 11.8 Å². The van der Waals surface area contributed by atoms with Gasteiger partial charge in [0.05, 0.1) is 24.4 Å². The molecule has 38 heavy (non-hydrogen) atoms. The number of aromatic nitrogens is 5. The fourth-order valence-corrected chi connectivity index (χ4v) is 5.26. The first kappa shape index (κ1) is 25.5. The molecule has 0 spiro atoms. The van der Waals surface area contributed by atoms with Crippen molar-refractivity contribution in [3.8, 4) is 5.75 Å². The van der Waals surface area contributed by atoms with Crippen LogP contribution in [0.15, 0.2) is 47.5 Å². The smallest absolute Gasteiger partial charge is 0.351 e. The summed E-state index contributed by atoms with van der Waals surface area (Å²) in [5.74, 6) is -0.612. The van der Waals surface area contributed by atoms with Crippen molar-refractivity contribution in [2.24, 2.45) is 11.8 Å². The van der Waals surface area contributed by atoms with Gasteiger partial charge in [0.1, 0.15) is 23.9 Å². The van der Waals surface area contributed by atoms with Crippen LogP contribution in [0.2, 0.25) is 0 Å². The molecule has 1 saturated carbocycles. The molecule has 13 nitrogen and oxygen atoms in total. The van der Waals surface area contributed by atoms with Gasteiger partial charge in [-0.15, -0.1) is 5.10 Å². The van der Waals surface area contributed by atoms with Crippen LogP contribution in [-0.2, 0) is 16.1 Å². The summed E-state index contributed by atoms with van der Waals surface area (Å²) < 4.78 is 8.56. The summed E-state index contributed by atoms with van der Waals surface area (Å²) >= 11 is 0. The molecule has 2 aliphatic rings. The minimum Gasteiger partial charge on any atom is -0.507 e. The van der Waals surface area contributed by atoms with Gasteiger partial charge in [-0.2, -0.15) is 4.98 Å². The number of nitrogen functional groups attached to an aromatic ring is 1. The molecule has 2 fully saturated rings. The molecule has 5 rings (SSSR count). The summed E-state index contributed by atoms with van der Waals surface area (Å²) in [4.78, 5) is 41.5. The number of amides is 1. The van der Waals surface area contributed by atoms with Crippen LogP contribution in [0.25, 0.3) is 0 Å². The number of benzene rings is 1. The number of para-hydroxylation sites is 1. The lowest BCUT2D eigenvalue weighted by atomic mass is 9.86. The summed E-state index contributed by atoms with van der Waals surface area (Å²) in [5.41, 5.74) is 5.24. The number of nitrogens with zero attached hydrogens (tertiary/aromatic N) is 5. The maximum atomic E-state index is 13.0. The Morgan fingerprint density at radius 3 is 2.82 bits per heavy atom. The second-order valence-electron chi connectivity index (χ2n) is 9.73. The number of phenolic OH excluding ortho intramolecular Hbond substituents is 1. The predicted octanol–water partition coefficient (Wildman–Crippen LogP) is 1.10. The highest BCUT2D eigenvalue weighted by Crippen LogP contribution is 2.38. The molecule has 1 aliphatic carbocycles. The molecule has 0 bridgehead atoms. The summed E-state index contributed by atoms with van der Waals surface area (Å²) in [5, 5.41) is 31.2. The molecule has 5 N–H and O–H groups in total. The van der Waals surface area contributed by atoms with E-state index in [1.807, 2.05) is 0 Å². The zero-order valence-corrected chi connectivity index (χ0v) is 20.5. The van der Waals surface area contributed by atoms with Gasteiger partial charge < -0.3 is 26.0 Å². The molecule has 13 heteroatoms. The molecule has 0 unspecified atom stereocenters. The lowest BCUT2D eigenvalue weighted by molar-refractivity contribution is -0.117. The second-order valence-corrected chi connectivity index (χ2v) is 9.73. The number of aliphatic hydroxyl groups is 1. The number of nitrogens with one attached hydrogen (secondary N) is 1. The van der Waals surface area contributed by atoms with Crippen molar-refractivity contribution in [2.75, 3.05) is 11.1 Å². The van der Waals surface area contributed by atoms with Crippen LogP contribution >= 0.6 is 0 Å². The number of aliphatic hydroxyl groups excluding tert-OH is 1. The number of Topliss-reactive ketones (excluding diaryl/α,β-unsaturated/α-hetero) is 1. The summed E-state index contributed by atoms with van der Waals surface area (Å²) in [6.45, 7) is 0.150. The van der Waals surface area contributed by atoms with Crippen molar-refractivity contribution in [1.29, 1.82) is 0 Å². The topological polar surface area (TPSA) is 187 Å². The molecular formula is C25H29N7O6. The maximum Gasteiger partial charge on any atom is 0.351 e. The number of carbonyl (C=O) groups excluding carboxylic acids is 2. The Morgan fingerprint density at radius 2 is 2.03 bits per heavy atom. The van der Waals surface area contributed by atoms with Crippen molar-refractivity contribution >= 4 is 23.3 Å². The number of anilines is 2. The Kier molecular flexibility index (Phi) is 7.20. The number of hydrogen-bond donors (Lipinski definition) is 4. The van der Waals surface area contributed by atoms with Crippen LogP contribution in [0.1, 0.15) is 48.7 Å². The van der Waals surface area contributed by atoms with E-state index in [0.717, 1.165) is 12.8 Å². The van der Waals surface area contributed by atoms with Crippen LogP contribution in [0.5, 0.6) is 5.75 Å². The number of phenols is 1. The highest BCUT2D eigenvalue weighted by Gasteiger charge is 2.37. The van der Waals surface area contributed by atoms with E-state index in [1.54, 1.807) is 18.2 Å². The minimum atomic E-state index is -0.854. The van der Waals surface area contributed by atoms with Crippen molar-refractivity contribution in [3.05, 3.63) is 58.8 Å². The third-order valence-corrected chi connectivity index (χ3v) is 7.15. The quantitative estimate of drug-likeness (QED) is 0.311. The number of rotatable bonds is 8. The van der Waals surface area contributed by atoms with Crippen LogP contribution in [0.3, 0.4) is 0 Å². The zero-order chi connectivity index (χ0) is 26.8. The molecule has 5 atom stereocenters. The highest BCUT2D eigenvalue weighted by molar-refractivity contribution is 6.01. The monoisotopic (exact) mass is 523 g/mol. The van der Waals surface area contributed by atoms with Crippen LogP contribution in [0.4, 0.5) is 11.6 Å². The Balaban J connectivity index is 1.16. The van der Waals surface area contributed by atoms with Crippen LogP contribution in [-0.4, -0.2) is 58.7 Å². The Morgan fingerprint density at radius 1 is 1.21 bits per heavy atom. The second kappa shape index (κ2) is 10.7. The largest absolute Gasteiger partial charge is 0.507 e. The summed E-state index contributed by atoms with van der Waals surface area (Å²) in [6.07, 6.45) is 3.38. The molecule has 1 saturated heterocycles. The number of aromatic hydroxyl groups is 1. The highest BCUT2D eigenvalue weighted by atomic mass is 16.5. The van der Waals surface area contributed by atoms with Gasteiger partial charge in [0.2, 0.25) is 5.91 Å².